The van der Waals surface area contributed by atoms with Crippen molar-refractivity contribution in [2.75, 3.05) is 7.11 Å². The Bertz CT molecular complexity index is 841. The molecule has 0 saturated heterocycles. The van der Waals surface area contributed by atoms with E-state index < -0.39 is 5.60 Å². The van der Waals surface area contributed by atoms with Gasteiger partial charge in [-0.1, -0.05) is 25.8 Å². The minimum Gasteiger partial charge on any atom is -0.497 e. The molecule has 1 aliphatic heterocycles. The van der Waals surface area contributed by atoms with Crippen LogP contribution in [-0.4, -0.2) is 33.8 Å². The third kappa shape index (κ3) is 2.29. The number of thioether (sulfide) groups is 1. The van der Waals surface area contributed by atoms with E-state index in [1.54, 1.807) is 7.11 Å². The van der Waals surface area contributed by atoms with Crippen LogP contribution in [0.2, 0.25) is 0 Å². The SMILES string of the molecule is COc1ccc2c(c1)S[C@]13CCCC[C@]1(O)CC[C@@H]1C3[C@@H]2C[C@]2(C)[C@@H](O)CC[C@@H]12. The van der Waals surface area contributed by atoms with Crippen molar-refractivity contribution in [2.45, 2.75) is 92.0 Å². The molecule has 0 radical (unpaired) electrons. The fourth-order valence-corrected chi connectivity index (χ4v) is 10.7. The topological polar surface area (TPSA) is 49.7 Å². The Kier molecular flexibility index (Phi) is 4.04. The van der Waals surface area contributed by atoms with E-state index in [-0.39, 0.29) is 16.3 Å². The molecule has 4 heteroatoms. The van der Waals surface area contributed by atoms with Crippen LogP contribution in [0.3, 0.4) is 0 Å². The summed E-state index contributed by atoms with van der Waals surface area (Å²) in [6, 6.07) is 6.61. The molecule has 4 saturated carbocycles. The van der Waals surface area contributed by atoms with Crippen LogP contribution in [0.1, 0.15) is 76.2 Å². The zero-order valence-corrected chi connectivity index (χ0v) is 18.5. The summed E-state index contributed by atoms with van der Waals surface area (Å²) in [5.41, 5.74) is 0.933. The lowest BCUT2D eigenvalue weighted by atomic mass is 9.45. The normalized spacial score (nSPS) is 50.1. The van der Waals surface area contributed by atoms with Gasteiger partial charge >= 0.3 is 0 Å². The van der Waals surface area contributed by atoms with Crippen LogP contribution >= 0.6 is 11.8 Å². The highest BCUT2D eigenvalue weighted by molar-refractivity contribution is 8.01. The molecular formula is C25H34O3S. The Labute approximate surface area is 178 Å². The molecule has 6 rings (SSSR count). The van der Waals surface area contributed by atoms with E-state index in [4.69, 9.17) is 4.74 Å². The van der Waals surface area contributed by atoms with Gasteiger partial charge in [-0.05, 0) is 91.7 Å². The van der Waals surface area contributed by atoms with Gasteiger partial charge in [-0.15, -0.1) is 11.8 Å². The van der Waals surface area contributed by atoms with E-state index in [1.165, 1.54) is 23.3 Å². The monoisotopic (exact) mass is 414 g/mol. The van der Waals surface area contributed by atoms with Crippen molar-refractivity contribution in [1.29, 1.82) is 0 Å². The fraction of sp³-hybridized carbons (Fsp3) is 0.760. The second-order valence-electron chi connectivity index (χ2n) is 10.9. The van der Waals surface area contributed by atoms with E-state index >= 15 is 0 Å². The van der Waals surface area contributed by atoms with Gasteiger partial charge in [-0.2, -0.15) is 0 Å². The largest absolute Gasteiger partial charge is 0.497 e. The molecule has 2 N–H and O–H groups in total. The smallest absolute Gasteiger partial charge is 0.119 e. The quantitative estimate of drug-likeness (QED) is 0.668. The summed E-state index contributed by atoms with van der Waals surface area (Å²) in [5.74, 6) is 3.15. The molecule has 1 aromatic carbocycles. The van der Waals surface area contributed by atoms with Crippen molar-refractivity contribution in [2.24, 2.45) is 23.2 Å². The van der Waals surface area contributed by atoms with E-state index in [9.17, 15) is 10.2 Å². The third-order valence-corrected chi connectivity index (χ3v) is 11.7. The lowest BCUT2D eigenvalue weighted by molar-refractivity contribution is -0.148. The van der Waals surface area contributed by atoms with Crippen molar-refractivity contribution in [3.63, 3.8) is 0 Å². The number of fused-ring (bicyclic) bond motifs is 4. The number of hydrogen-bond acceptors (Lipinski definition) is 4. The van der Waals surface area contributed by atoms with Crippen molar-refractivity contribution < 1.29 is 14.9 Å². The van der Waals surface area contributed by atoms with E-state index in [2.05, 4.69) is 25.1 Å². The van der Waals surface area contributed by atoms with Crippen LogP contribution in [0, 0.1) is 23.2 Å². The van der Waals surface area contributed by atoms with Crippen molar-refractivity contribution in [3.8, 4) is 5.75 Å². The molecule has 0 bridgehead atoms. The number of ether oxygens (including phenoxy) is 1. The first-order chi connectivity index (χ1) is 13.9. The predicted molar refractivity (Wildman–Crippen MR) is 115 cm³/mol. The van der Waals surface area contributed by atoms with Gasteiger partial charge in [0.2, 0.25) is 0 Å². The Hall–Kier alpha value is -0.710. The maximum Gasteiger partial charge on any atom is 0.119 e. The number of benzene rings is 1. The summed E-state index contributed by atoms with van der Waals surface area (Å²) >= 11 is 2.00. The van der Waals surface area contributed by atoms with Crippen LogP contribution < -0.4 is 4.74 Å². The maximum atomic E-state index is 12.0. The summed E-state index contributed by atoms with van der Waals surface area (Å²) in [6.07, 6.45) is 9.58. The Balaban J connectivity index is 1.56. The van der Waals surface area contributed by atoms with Gasteiger partial charge in [0.1, 0.15) is 5.75 Å². The number of aliphatic hydroxyl groups excluding tert-OH is 1. The Morgan fingerprint density at radius 2 is 1.93 bits per heavy atom. The zero-order valence-electron chi connectivity index (χ0n) is 17.7. The molecule has 4 aliphatic carbocycles. The summed E-state index contributed by atoms with van der Waals surface area (Å²) in [7, 11) is 1.74. The Morgan fingerprint density at radius 1 is 1.10 bits per heavy atom. The molecule has 5 aliphatic rings. The summed E-state index contributed by atoms with van der Waals surface area (Å²) < 4.78 is 5.51. The first-order valence-electron chi connectivity index (χ1n) is 11.7. The summed E-state index contributed by atoms with van der Waals surface area (Å²) in [5, 5.41) is 23.0. The minimum absolute atomic E-state index is 0.0242. The van der Waals surface area contributed by atoms with Gasteiger partial charge in [0.05, 0.1) is 23.6 Å². The number of hydrogen-bond donors (Lipinski definition) is 2. The third-order valence-electron chi connectivity index (χ3n) is 9.95. The number of aliphatic hydroxyl groups is 2. The maximum absolute atomic E-state index is 12.0. The van der Waals surface area contributed by atoms with Gasteiger partial charge in [0.25, 0.3) is 0 Å². The highest BCUT2D eigenvalue weighted by atomic mass is 32.2. The van der Waals surface area contributed by atoms with E-state index in [0.717, 1.165) is 50.7 Å². The Morgan fingerprint density at radius 3 is 2.76 bits per heavy atom. The van der Waals surface area contributed by atoms with Crippen LogP contribution in [-0.2, 0) is 0 Å². The average Bonchev–Trinajstić information content (AvgIpc) is 3.02. The highest BCUT2D eigenvalue weighted by Gasteiger charge is 2.69. The predicted octanol–water partition coefficient (Wildman–Crippen LogP) is 5.14. The number of methoxy groups -OCH3 is 1. The molecule has 1 aromatic rings. The van der Waals surface area contributed by atoms with Gasteiger partial charge in [-0.25, -0.2) is 0 Å². The van der Waals surface area contributed by atoms with Crippen LogP contribution in [0.15, 0.2) is 23.1 Å². The summed E-state index contributed by atoms with van der Waals surface area (Å²) in [4.78, 5) is 1.32. The zero-order chi connectivity index (χ0) is 20.0. The van der Waals surface area contributed by atoms with Crippen LogP contribution in [0.4, 0.5) is 0 Å². The first-order valence-corrected chi connectivity index (χ1v) is 12.5. The van der Waals surface area contributed by atoms with Gasteiger partial charge in [-0.3, -0.25) is 0 Å². The van der Waals surface area contributed by atoms with Crippen molar-refractivity contribution in [1.82, 2.24) is 0 Å². The highest BCUT2D eigenvalue weighted by Crippen LogP contribution is 2.74. The molecule has 1 heterocycles. The molecule has 0 aromatic heterocycles. The molecular weight excluding hydrogens is 380 g/mol. The second-order valence-corrected chi connectivity index (χ2v) is 12.3. The van der Waals surface area contributed by atoms with E-state index in [0.29, 0.717) is 23.7 Å². The van der Waals surface area contributed by atoms with Crippen molar-refractivity contribution >= 4 is 11.8 Å². The molecule has 0 amide bonds. The van der Waals surface area contributed by atoms with Crippen LogP contribution in [0.5, 0.6) is 5.75 Å². The van der Waals surface area contributed by atoms with Crippen LogP contribution in [0.25, 0.3) is 0 Å². The average molecular weight is 415 g/mol. The van der Waals surface area contributed by atoms with Gasteiger partial charge in [0.15, 0.2) is 0 Å². The van der Waals surface area contributed by atoms with E-state index in [1.807, 2.05) is 11.8 Å². The second kappa shape index (κ2) is 6.17. The molecule has 3 nitrogen and oxygen atoms in total. The van der Waals surface area contributed by atoms with Crippen molar-refractivity contribution in [3.05, 3.63) is 23.8 Å². The molecule has 1 unspecified atom stereocenters. The minimum atomic E-state index is -0.541. The molecule has 8 atom stereocenters. The fourth-order valence-electron chi connectivity index (χ4n) is 8.65. The summed E-state index contributed by atoms with van der Waals surface area (Å²) in [6.45, 7) is 2.37. The number of rotatable bonds is 1. The standard InChI is InChI=1S/C25H34O3S/c1-23-14-18-16-6-5-15(28-2)13-20(16)29-25-11-4-3-10-24(25,27)12-9-17(22(18)25)19(23)7-8-21(23)26/h5-6,13,17-19,21-22,26-27H,3-4,7-12,14H2,1-2H3/t17-,18+,19-,21-,22?,23-,24-,25-/m0/s1. The first kappa shape index (κ1) is 19.0. The molecule has 4 fully saturated rings. The van der Waals surface area contributed by atoms with Gasteiger partial charge < -0.3 is 14.9 Å². The molecule has 29 heavy (non-hydrogen) atoms. The molecule has 158 valence electrons. The van der Waals surface area contributed by atoms with Gasteiger partial charge in [0, 0.05) is 4.90 Å². The lowest BCUT2D eigenvalue weighted by Gasteiger charge is -2.67. The molecule has 1 spiro atoms. The lowest BCUT2D eigenvalue weighted by Crippen LogP contribution is -2.68.